The molecule has 0 amide bonds. The maximum absolute atomic E-state index is 8.54. The molecule has 0 aromatic carbocycles. The zero-order valence-electron chi connectivity index (χ0n) is 6.80. The van der Waals surface area contributed by atoms with Crippen LogP contribution in [0.25, 0.3) is 0 Å². The Bertz CT molecular complexity index is 131. The highest BCUT2D eigenvalue weighted by atomic mass is 14.3. The molecule has 0 saturated carbocycles. The van der Waals surface area contributed by atoms with Crippen molar-refractivity contribution in [1.29, 1.82) is 5.26 Å². The number of rotatable bonds is 4. The maximum atomic E-state index is 8.54. The number of nitrogens with zero attached hydrogens (tertiary/aromatic N) is 1. The van der Waals surface area contributed by atoms with E-state index in [4.69, 9.17) is 5.26 Å². The highest BCUT2D eigenvalue weighted by molar-refractivity contribution is 4.90. The molecule has 0 radical (unpaired) electrons. The summed E-state index contributed by atoms with van der Waals surface area (Å²) in [6.07, 6.45) is 7.16. The number of hydrogen-bond acceptors (Lipinski definition) is 1. The molecule has 0 spiro atoms. The van der Waals surface area contributed by atoms with E-state index < -0.39 is 0 Å². The topological polar surface area (TPSA) is 23.8 Å². The van der Waals surface area contributed by atoms with Gasteiger partial charge in [-0.05, 0) is 19.3 Å². The molecule has 0 bridgehead atoms. The smallest absolute Gasteiger partial charge is 0.0658 e. The zero-order chi connectivity index (χ0) is 7.82. The van der Waals surface area contributed by atoms with Gasteiger partial charge in [-0.2, -0.15) is 5.26 Å². The van der Waals surface area contributed by atoms with E-state index in [2.05, 4.69) is 25.1 Å². The Morgan fingerprint density at radius 3 is 1.86 bits per heavy atom. The summed E-state index contributed by atoms with van der Waals surface area (Å²) >= 11 is 0. The van der Waals surface area contributed by atoms with Gasteiger partial charge in [0, 0.05) is 5.92 Å². The molecule has 0 rings (SSSR count). The molecule has 1 heteroatoms. The highest BCUT2D eigenvalue weighted by Crippen LogP contribution is 2.06. The van der Waals surface area contributed by atoms with Gasteiger partial charge in [0.25, 0.3) is 0 Å². The summed E-state index contributed by atoms with van der Waals surface area (Å²) in [4.78, 5) is 0. The molecule has 0 fully saturated rings. The highest BCUT2D eigenvalue weighted by Gasteiger charge is 1.98. The Kier molecular flexibility index (Phi) is 47.5. The minimum atomic E-state index is 0. The first-order valence-corrected chi connectivity index (χ1v) is 3.89. The maximum Gasteiger partial charge on any atom is 0.0658 e. The fourth-order valence-electron chi connectivity index (χ4n) is 0.738. The van der Waals surface area contributed by atoms with Gasteiger partial charge < -0.3 is 0 Å². The van der Waals surface area contributed by atoms with Crippen molar-refractivity contribution in [2.45, 2.75) is 62.8 Å². The third-order valence-corrected chi connectivity index (χ3v) is 1.50. The third kappa shape index (κ3) is 17.4. The lowest BCUT2D eigenvalue weighted by atomic mass is 10.0. The first-order valence-electron chi connectivity index (χ1n) is 3.89. The molecule has 0 aliphatic heterocycles. The summed E-state index contributed by atoms with van der Waals surface area (Å²) in [5.41, 5.74) is 0. The van der Waals surface area contributed by atoms with Gasteiger partial charge in [0.05, 0.1) is 6.07 Å². The van der Waals surface area contributed by atoms with Gasteiger partial charge in [0.1, 0.15) is 0 Å². The monoisotopic (exact) mass is 201 g/mol. The van der Waals surface area contributed by atoms with Crippen LogP contribution < -0.4 is 0 Å². The molecule has 14 heavy (non-hydrogen) atoms. The molecule has 88 valence electrons. The third-order valence-electron chi connectivity index (χ3n) is 1.50. The summed E-state index contributed by atoms with van der Waals surface area (Å²) in [6, 6.07) is 2.26. The van der Waals surface area contributed by atoms with Crippen molar-refractivity contribution in [1.82, 2.24) is 0 Å². The average Bonchev–Trinajstić information content (AvgIpc) is 1.99. The molecule has 0 aromatic rings. The van der Waals surface area contributed by atoms with Gasteiger partial charge in [-0.25, -0.2) is 0 Å². The van der Waals surface area contributed by atoms with Gasteiger partial charge in [-0.1, -0.05) is 55.7 Å². The van der Waals surface area contributed by atoms with Crippen LogP contribution in [0.15, 0.2) is 12.2 Å². The van der Waals surface area contributed by atoms with E-state index in [1.807, 2.05) is 6.92 Å². The predicted molar refractivity (Wildman–Crippen MR) is 70.4 cm³/mol. The molecule has 0 saturated heterocycles. The predicted octanol–water partition coefficient (Wildman–Crippen LogP) is 5.44. The Morgan fingerprint density at radius 1 is 1.07 bits per heavy atom. The summed E-state index contributed by atoms with van der Waals surface area (Å²) in [6.45, 7) is 4.15. The lowest BCUT2D eigenvalue weighted by Crippen LogP contribution is -1.90. The minimum Gasteiger partial charge on any atom is -0.198 e. The lowest BCUT2D eigenvalue weighted by molar-refractivity contribution is 0.651. The van der Waals surface area contributed by atoms with E-state index in [1.165, 1.54) is 0 Å². The molecule has 1 atom stereocenters. The van der Waals surface area contributed by atoms with Crippen molar-refractivity contribution < 1.29 is 0 Å². The van der Waals surface area contributed by atoms with Crippen molar-refractivity contribution in [2.24, 2.45) is 5.92 Å². The second-order valence-corrected chi connectivity index (χ2v) is 2.35. The van der Waals surface area contributed by atoms with E-state index in [0.717, 1.165) is 19.3 Å². The number of nitriles is 1. The van der Waals surface area contributed by atoms with Crippen molar-refractivity contribution in [3.05, 3.63) is 12.2 Å². The number of hydrogen-bond donors (Lipinski definition) is 0. The van der Waals surface area contributed by atoms with Gasteiger partial charge in [0.15, 0.2) is 0 Å². The standard InChI is InChI=1S/C9H15N.4CH4/c1-3-5-6-7-9(4-2)8-10;;;;/h5-6,9H,3-4,7H2,1-2H3;4*1H4. The lowest BCUT2D eigenvalue weighted by Gasteiger charge is -1.98. The molecular weight excluding hydrogens is 170 g/mol. The van der Waals surface area contributed by atoms with Gasteiger partial charge in [-0.15, -0.1) is 0 Å². The molecule has 0 aliphatic rings. The summed E-state index contributed by atoms with van der Waals surface area (Å²) < 4.78 is 0. The SMILES string of the molecule is C.C.C.C.CCC=CCC(C#N)CC. The first kappa shape index (κ1) is 29.2. The van der Waals surface area contributed by atoms with Crippen molar-refractivity contribution in [3.63, 3.8) is 0 Å². The van der Waals surface area contributed by atoms with Gasteiger partial charge in [0.2, 0.25) is 0 Å². The van der Waals surface area contributed by atoms with Crippen molar-refractivity contribution in [2.75, 3.05) is 0 Å². The Labute approximate surface area is 92.8 Å². The van der Waals surface area contributed by atoms with Crippen LogP contribution in [0.1, 0.15) is 62.8 Å². The summed E-state index contributed by atoms with van der Waals surface area (Å²) in [7, 11) is 0. The van der Waals surface area contributed by atoms with Gasteiger partial charge >= 0.3 is 0 Å². The van der Waals surface area contributed by atoms with Crippen molar-refractivity contribution in [3.8, 4) is 6.07 Å². The molecule has 1 nitrogen and oxygen atoms in total. The molecule has 0 N–H and O–H groups in total. The van der Waals surface area contributed by atoms with Crippen LogP contribution in [0, 0.1) is 17.2 Å². The second kappa shape index (κ2) is 22.8. The Hall–Kier alpha value is -0.770. The zero-order valence-corrected chi connectivity index (χ0v) is 6.80. The second-order valence-electron chi connectivity index (χ2n) is 2.35. The summed E-state index contributed by atoms with van der Waals surface area (Å²) in [5.74, 6) is 0.225. The molecule has 0 heterocycles. The van der Waals surface area contributed by atoms with Crippen LogP contribution in [-0.4, -0.2) is 0 Å². The normalized spacial score (nSPS) is 9.50. The average molecular weight is 201 g/mol. The first-order chi connectivity index (χ1) is 4.85. The summed E-state index contributed by atoms with van der Waals surface area (Å²) in [5, 5.41) is 8.54. The molecule has 0 aromatic heterocycles. The minimum absolute atomic E-state index is 0. The molecular formula is C13H31N. The van der Waals surface area contributed by atoms with Crippen LogP contribution in [-0.2, 0) is 0 Å². The van der Waals surface area contributed by atoms with E-state index in [0.29, 0.717) is 0 Å². The van der Waals surface area contributed by atoms with Crippen LogP contribution >= 0.6 is 0 Å². The van der Waals surface area contributed by atoms with Crippen LogP contribution in [0.4, 0.5) is 0 Å². The van der Waals surface area contributed by atoms with Crippen LogP contribution in [0.5, 0.6) is 0 Å². The fourth-order valence-corrected chi connectivity index (χ4v) is 0.738. The Morgan fingerprint density at radius 2 is 1.57 bits per heavy atom. The molecule has 0 aliphatic carbocycles. The van der Waals surface area contributed by atoms with Gasteiger partial charge in [-0.3, -0.25) is 0 Å². The van der Waals surface area contributed by atoms with E-state index in [1.54, 1.807) is 0 Å². The Balaban J connectivity index is -0.0000000675. The quantitative estimate of drug-likeness (QED) is 0.556. The largest absolute Gasteiger partial charge is 0.198 e. The van der Waals surface area contributed by atoms with Crippen molar-refractivity contribution >= 4 is 0 Å². The van der Waals surface area contributed by atoms with Crippen LogP contribution in [0.3, 0.4) is 0 Å². The fraction of sp³-hybridized carbons (Fsp3) is 0.769. The van der Waals surface area contributed by atoms with E-state index >= 15 is 0 Å². The van der Waals surface area contributed by atoms with Crippen LogP contribution in [0.2, 0.25) is 0 Å². The number of allylic oxidation sites excluding steroid dienone is 2. The molecule has 1 unspecified atom stereocenters. The van der Waals surface area contributed by atoms with E-state index in [-0.39, 0.29) is 35.6 Å². The van der Waals surface area contributed by atoms with E-state index in [9.17, 15) is 0 Å².